The van der Waals surface area contributed by atoms with E-state index in [0.717, 1.165) is 18.5 Å². The van der Waals surface area contributed by atoms with E-state index in [2.05, 4.69) is 20.4 Å². The maximum atomic E-state index is 13.2. The fraction of sp³-hybridized carbons (Fsp3) is 0.407. The number of ether oxygens (including phenoxy) is 5. The molecular formula is C27H32N4O8. The highest BCUT2D eigenvalue weighted by atomic mass is 16.5. The van der Waals surface area contributed by atoms with E-state index in [0.29, 0.717) is 54.2 Å². The SMILES string of the molecule is COC(=O)c1cc(OC)c(OC)cc1NC(=O)C1CCCN(Cc2nc(-c3ccc(OC)c(OC)c3)no2)C1. The summed E-state index contributed by atoms with van der Waals surface area (Å²) in [6.07, 6.45) is 1.51. The molecule has 2 aromatic carbocycles. The fourth-order valence-corrected chi connectivity index (χ4v) is 4.51. The van der Waals surface area contributed by atoms with Gasteiger partial charge >= 0.3 is 5.97 Å². The fourth-order valence-electron chi connectivity index (χ4n) is 4.51. The molecule has 0 bridgehead atoms. The smallest absolute Gasteiger partial charge is 0.340 e. The Labute approximate surface area is 226 Å². The molecule has 1 N–H and O–H groups in total. The Kier molecular flexibility index (Phi) is 8.87. The Morgan fingerprint density at radius 2 is 1.67 bits per heavy atom. The minimum atomic E-state index is -0.599. The van der Waals surface area contributed by atoms with Crippen LogP contribution < -0.4 is 24.3 Å². The highest BCUT2D eigenvalue weighted by Crippen LogP contribution is 2.35. The summed E-state index contributed by atoms with van der Waals surface area (Å²) >= 11 is 0. The largest absolute Gasteiger partial charge is 0.493 e. The quantitative estimate of drug-likeness (QED) is 0.379. The highest BCUT2D eigenvalue weighted by Gasteiger charge is 2.29. The third-order valence-electron chi connectivity index (χ3n) is 6.53. The van der Waals surface area contributed by atoms with Gasteiger partial charge in [0.2, 0.25) is 17.6 Å². The van der Waals surface area contributed by atoms with Crippen LogP contribution in [0.4, 0.5) is 5.69 Å². The van der Waals surface area contributed by atoms with Gasteiger partial charge in [-0.3, -0.25) is 9.69 Å². The van der Waals surface area contributed by atoms with Gasteiger partial charge in [-0.15, -0.1) is 0 Å². The van der Waals surface area contributed by atoms with E-state index < -0.39 is 5.97 Å². The van der Waals surface area contributed by atoms with Crippen molar-refractivity contribution in [3.63, 3.8) is 0 Å². The highest BCUT2D eigenvalue weighted by molar-refractivity contribution is 6.02. The van der Waals surface area contributed by atoms with Crippen molar-refractivity contribution in [2.24, 2.45) is 5.92 Å². The van der Waals surface area contributed by atoms with Crippen molar-refractivity contribution in [2.75, 3.05) is 54.0 Å². The number of nitrogens with zero attached hydrogens (tertiary/aromatic N) is 3. The maximum Gasteiger partial charge on any atom is 0.340 e. The molecule has 208 valence electrons. The number of methoxy groups -OCH3 is 5. The minimum absolute atomic E-state index is 0.171. The number of likely N-dealkylation sites (tertiary alicyclic amines) is 1. The molecule has 1 fully saturated rings. The van der Waals surface area contributed by atoms with Gasteiger partial charge in [-0.25, -0.2) is 4.79 Å². The summed E-state index contributed by atoms with van der Waals surface area (Å²) in [6.45, 7) is 1.66. The van der Waals surface area contributed by atoms with Crippen LogP contribution >= 0.6 is 0 Å². The number of hydrogen-bond acceptors (Lipinski definition) is 11. The molecule has 1 atom stereocenters. The second-order valence-corrected chi connectivity index (χ2v) is 8.89. The Morgan fingerprint density at radius 3 is 2.36 bits per heavy atom. The van der Waals surface area contributed by atoms with Crippen molar-refractivity contribution in [3.05, 3.63) is 41.8 Å². The average Bonchev–Trinajstić information content (AvgIpc) is 3.44. The molecule has 0 saturated carbocycles. The standard InChI is InChI=1S/C27H32N4O8/c1-34-20-9-8-16(11-21(20)35-2)25-29-24(39-30-25)15-31-10-6-7-17(14-31)26(32)28-19-13-23(37-4)22(36-3)12-18(19)27(33)38-5/h8-9,11-13,17H,6-7,10,14-15H2,1-5H3,(H,28,32). The Bertz CT molecular complexity index is 1330. The first-order valence-corrected chi connectivity index (χ1v) is 12.3. The number of benzene rings is 2. The van der Waals surface area contributed by atoms with Crippen LogP contribution in [-0.2, 0) is 16.1 Å². The lowest BCUT2D eigenvalue weighted by atomic mass is 9.96. The van der Waals surface area contributed by atoms with Crippen LogP contribution in [0, 0.1) is 5.92 Å². The number of esters is 1. The zero-order valence-corrected chi connectivity index (χ0v) is 22.6. The second kappa shape index (κ2) is 12.5. The normalized spacial score (nSPS) is 15.4. The lowest BCUT2D eigenvalue weighted by Crippen LogP contribution is -2.40. The summed E-state index contributed by atoms with van der Waals surface area (Å²) in [6, 6.07) is 8.43. The number of nitrogens with one attached hydrogen (secondary N) is 1. The van der Waals surface area contributed by atoms with Crippen LogP contribution in [-0.4, -0.2) is 75.6 Å². The monoisotopic (exact) mass is 540 g/mol. The van der Waals surface area contributed by atoms with Gasteiger partial charge in [0.15, 0.2) is 23.0 Å². The number of carbonyl (C=O) groups is 2. The van der Waals surface area contributed by atoms with Gasteiger partial charge in [0.1, 0.15) is 0 Å². The molecule has 1 aliphatic rings. The van der Waals surface area contributed by atoms with Crippen molar-refractivity contribution in [3.8, 4) is 34.4 Å². The van der Waals surface area contributed by atoms with Crippen molar-refractivity contribution in [2.45, 2.75) is 19.4 Å². The average molecular weight is 541 g/mol. The number of aromatic nitrogens is 2. The van der Waals surface area contributed by atoms with E-state index in [4.69, 9.17) is 28.2 Å². The lowest BCUT2D eigenvalue weighted by molar-refractivity contribution is -0.121. The van der Waals surface area contributed by atoms with E-state index in [9.17, 15) is 9.59 Å². The Hall–Kier alpha value is -4.32. The third kappa shape index (κ3) is 6.23. The predicted molar refractivity (Wildman–Crippen MR) is 140 cm³/mol. The molecule has 1 aromatic heterocycles. The van der Waals surface area contributed by atoms with Crippen LogP contribution in [0.1, 0.15) is 29.1 Å². The molecule has 1 aliphatic heterocycles. The van der Waals surface area contributed by atoms with Crippen LogP contribution in [0.2, 0.25) is 0 Å². The van der Waals surface area contributed by atoms with Gasteiger partial charge in [0, 0.05) is 24.2 Å². The molecular weight excluding hydrogens is 508 g/mol. The first-order valence-electron chi connectivity index (χ1n) is 12.3. The van der Waals surface area contributed by atoms with Crippen LogP contribution in [0.5, 0.6) is 23.0 Å². The molecule has 1 amide bonds. The van der Waals surface area contributed by atoms with Crippen LogP contribution in [0.3, 0.4) is 0 Å². The maximum absolute atomic E-state index is 13.2. The molecule has 0 radical (unpaired) electrons. The zero-order valence-electron chi connectivity index (χ0n) is 22.6. The van der Waals surface area contributed by atoms with Crippen molar-refractivity contribution in [1.82, 2.24) is 15.0 Å². The Balaban J connectivity index is 1.44. The molecule has 3 aromatic rings. The summed E-state index contributed by atoms with van der Waals surface area (Å²) in [7, 11) is 7.36. The lowest BCUT2D eigenvalue weighted by Gasteiger charge is -2.31. The molecule has 12 heteroatoms. The topological polar surface area (TPSA) is 134 Å². The summed E-state index contributed by atoms with van der Waals surface area (Å²) in [5, 5.41) is 6.98. The van der Waals surface area contributed by atoms with Crippen molar-refractivity contribution >= 4 is 17.6 Å². The molecule has 4 rings (SSSR count). The van der Waals surface area contributed by atoms with Crippen molar-refractivity contribution in [1.29, 1.82) is 0 Å². The van der Waals surface area contributed by atoms with E-state index in [1.807, 2.05) is 6.07 Å². The summed E-state index contributed by atoms with van der Waals surface area (Å²) in [5.74, 6) is 1.65. The number of amides is 1. The molecule has 2 heterocycles. The van der Waals surface area contributed by atoms with Crippen LogP contribution in [0.25, 0.3) is 11.4 Å². The third-order valence-corrected chi connectivity index (χ3v) is 6.53. The van der Waals surface area contributed by atoms with E-state index in [1.54, 1.807) is 32.4 Å². The van der Waals surface area contributed by atoms with Gasteiger partial charge in [-0.2, -0.15) is 4.98 Å². The summed E-state index contributed by atoms with van der Waals surface area (Å²) < 4.78 is 31.6. The first-order chi connectivity index (χ1) is 18.9. The van der Waals surface area contributed by atoms with Crippen LogP contribution in [0.15, 0.2) is 34.9 Å². The number of rotatable bonds is 10. The van der Waals surface area contributed by atoms with Gasteiger partial charge in [0.05, 0.1) is 59.3 Å². The van der Waals surface area contributed by atoms with E-state index in [1.165, 1.54) is 27.4 Å². The van der Waals surface area contributed by atoms with Crippen molar-refractivity contribution < 1.29 is 37.8 Å². The molecule has 0 aliphatic carbocycles. The summed E-state index contributed by atoms with van der Waals surface area (Å²) in [5.41, 5.74) is 1.19. The number of piperidine rings is 1. The molecule has 39 heavy (non-hydrogen) atoms. The van der Waals surface area contributed by atoms with E-state index in [-0.39, 0.29) is 23.1 Å². The number of anilines is 1. The number of hydrogen-bond donors (Lipinski definition) is 1. The van der Waals surface area contributed by atoms with Gasteiger partial charge in [-0.1, -0.05) is 5.16 Å². The van der Waals surface area contributed by atoms with E-state index >= 15 is 0 Å². The molecule has 12 nitrogen and oxygen atoms in total. The second-order valence-electron chi connectivity index (χ2n) is 8.89. The first kappa shape index (κ1) is 27.7. The van der Waals surface area contributed by atoms with Gasteiger partial charge in [-0.05, 0) is 37.6 Å². The molecule has 1 saturated heterocycles. The summed E-state index contributed by atoms with van der Waals surface area (Å²) in [4.78, 5) is 32.2. The predicted octanol–water partition coefficient (Wildman–Crippen LogP) is 3.41. The number of carbonyl (C=O) groups excluding carboxylic acids is 2. The van der Waals surface area contributed by atoms with Gasteiger partial charge < -0.3 is 33.5 Å². The Morgan fingerprint density at radius 1 is 0.974 bits per heavy atom. The van der Waals surface area contributed by atoms with Gasteiger partial charge in [0.25, 0.3) is 0 Å². The zero-order chi connectivity index (χ0) is 27.9. The minimum Gasteiger partial charge on any atom is -0.493 e. The molecule has 0 spiro atoms. The molecule has 1 unspecified atom stereocenters.